The van der Waals surface area contributed by atoms with Crippen molar-refractivity contribution in [3.8, 4) is 0 Å². The molecule has 21 heavy (non-hydrogen) atoms. The van der Waals surface area contributed by atoms with E-state index in [1.165, 1.54) is 25.4 Å². The van der Waals surface area contributed by atoms with Gasteiger partial charge in [0, 0.05) is 21.3 Å². The number of aryl methyl sites for hydroxylation is 1. The molecule has 2 heterocycles. The van der Waals surface area contributed by atoms with Gasteiger partial charge in [-0.3, -0.25) is 0 Å². The van der Waals surface area contributed by atoms with Gasteiger partial charge in [0.05, 0.1) is 5.39 Å². The van der Waals surface area contributed by atoms with Crippen molar-refractivity contribution in [1.29, 1.82) is 0 Å². The summed E-state index contributed by atoms with van der Waals surface area (Å²) in [7, 11) is -4.94. The highest BCUT2D eigenvalue weighted by atomic mass is 127. The van der Waals surface area contributed by atoms with Crippen LogP contribution in [0, 0.1) is 20.7 Å². The maximum absolute atomic E-state index is 8.49. The maximum Gasteiger partial charge on any atom is 0.214 e. The van der Waals surface area contributed by atoms with Crippen LogP contribution in [-0.4, -0.2) is 0 Å². The van der Waals surface area contributed by atoms with E-state index in [1.807, 2.05) is 0 Å². The first-order valence-corrected chi connectivity index (χ1v) is 8.18. The molecule has 0 fully saturated rings. The van der Waals surface area contributed by atoms with E-state index in [-0.39, 0.29) is 0 Å². The van der Waals surface area contributed by atoms with E-state index in [9.17, 15) is 0 Å². The van der Waals surface area contributed by atoms with E-state index in [0.29, 0.717) is 0 Å². The van der Waals surface area contributed by atoms with E-state index >= 15 is 0 Å². The molecule has 7 heteroatoms. The third-order valence-electron chi connectivity index (χ3n) is 3.00. The van der Waals surface area contributed by atoms with Gasteiger partial charge in [0.15, 0.2) is 12.4 Å². The molecule has 0 saturated heterocycles. The van der Waals surface area contributed by atoms with Gasteiger partial charge in [-0.25, -0.2) is 18.6 Å². The Bertz CT molecular complexity index is 783. The van der Waals surface area contributed by atoms with Gasteiger partial charge in [0.2, 0.25) is 5.52 Å². The lowest BCUT2D eigenvalue weighted by molar-refractivity contribution is -2.00. The predicted octanol–water partition coefficient (Wildman–Crippen LogP) is -1.26. The Morgan fingerprint density at radius 3 is 2.29 bits per heavy atom. The van der Waals surface area contributed by atoms with Gasteiger partial charge >= 0.3 is 0 Å². The molecule has 3 rings (SSSR count). The Labute approximate surface area is 137 Å². The van der Waals surface area contributed by atoms with Crippen LogP contribution in [0.4, 0.5) is 0 Å². The first-order chi connectivity index (χ1) is 9.77. The Hall–Kier alpha value is -1.03. The van der Waals surface area contributed by atoms with Crippen LogP contribution in [-0.2, 0) is 0 Å². The molecule has 3 aromatic rings. The summed E-state index contributed by atoms with van der Waals surface area (Å²) in [6.45, 7) is 2.19. The van der Waals surface area contributed by atoms with Crippen molar-refractivity contribution < 1.29 is 33.3 Å². The van der Waals surface area contributed by atoms with E-state index in [2.05, 4.69) is 82.7 Å². The number of fused-ring (bicyclic) bond motifs is 2. The molecule has 0 radical (unpaired) electrons. The highest BCUT2D eigenvalue weighted by molar-refractivity contribution is 14.1. The van der Waals surface area contributed by atoms with Crippen LogP contribution in [0.5, 0.6) is 0 Å². The standard InChI is InChI=1S/C14H11IN.ClHO4/c1-10-11-5-4-6-13(15)12(11)9-16-8-3-2-7-14(10)16;2-1(3,4)5/h2-9H,1H3;(H,2,3,4,5)/q+1;/p-1. The number of nitrogens with zero attached hydrogens (tertiary/aromatic N) is 1. The van der Waals surface area contributed by atoms with Gasteiger partial charge in [-0.1, -0.05) is 12.1 Å². The second-order valence-electron chi connectivity index (χ2n) is 4.33. The summed E-state index contributed by atoms with van der Waals surface area (Å²) in [5.41, 5.74) is 2.62. The molecule has 0 aliphatic carbocycles. The maximum atomic E-state index is 8.49. The van der Waals surface area contributed by atoms with E-state index in [4.69, 9.17) is 18.6 Å². The van der Waals surface area contributed by atoms with Crippen molar-refractivity contribution in [2.75, 3.05) is 0 Å². The van der Waals surface area contributed by atoms with Crippen LogP contribution in [0.15, 0.2) is 48.8 Å². The summed E-state index contributed by atoms with van der Waals surface area (Å²) in [6, 6.07) is 12.8. The van der Waals surface area contributed by atoms with Crippen molar-refractivity contribution in [3.63, 3.8) is 0 Å². The summed E-state index contributed by atoms with van der Waals surface area (Å²) in [6.07, 6.45) is 4.31. The minimum atomic E-state index is -4.94. The summed E-state index contributed by atoms with van der Waals surface area (Å²) in [5, 5.41) is 2.67. The smallest absolute Gasteiger partial charge is 0.214 e. The van der Waals surface area contributed by atoms with Gasteiger partial charge in [0.25, 0.3) is 0 Å². The molecule has 0 spiro atoms. The van der Waals surface area contributed by atoms with Crippen molar-refractivity contribution in [3.05, 3.63) is 57.9 Å². The fourth-order valence-electron chi connectivity index (χ4n) is 2.16. The van der Waals surface area contributed by atoms with Crippen LogP contribution in [0.2, 0.25) is 0 Å². The van der Waals surface area contributed by atoms with E-state index in [1.54, 1.807) is 0 Å². The van der Waals surface area contributed by atoms with Crippen LogP contribution in [0.1, 0.15) is 5.56 Å². The number of hydrogen-bond acceptors (Lipinski definition) is 4. The van der Waals surface area contributed by atoms with Crippen molar-refractivity contribution >= 4 is 38.9 Å². The zero-order valence-corrected chi connectivity index (χ0v) is 13.9. The van der Waals surface area contributed by atoms with E-state index in [0.717, 1.165) is 0 Å². The van der Waals surface area contributed by atoms with Crippen LogP contribution < -0.4 is 23.0 Å². The number of pyridine rings is 2. The third kappa shape index (κ3) is 4.22. The average Bonchev–Trinajstić information content (AvgIpc) is 2.39. The summed E-state index contributed by atoms with van der Waals surface area (Å²) in [5.74, 6) is 0. The molecule has 0 saturated carbocycles. The predicted molar refractivity (Wildman–Crippen MR) is 74.6 cm³/mol. The number of halogens is 2. The molecular formula is C14H11ClINO4. The molecular weight excluding hydrogens is 409 g/mol. The van der Waals surface area contributed by atoms with Crippen molar-refractivity contribution in [2.45, 2.75) is 6.92 Å². The fraction of sp³-hybridized carbons (Fsp3) is 0.0714. The van der Waals surface area contributed by atoms with Crippen LogP contribution in [0.3, 0.4) is 0 Å². The normalized spacial score (nSPS) is 11.3. The summed E-state index contributed by atoms with van der Waals surface area (Å²) >= 11 is 2.39. The second-order valence-corrected chi connectivity index (χ2v) is 6.24. The molecule has 2 aromatic heterocycles. The Kier molecular flexibility index (Phi) is 4.97. The van der Waals surface area contributed by atoms with Crippen LogP contribution in [0.25, 0.3) is 16.3 Å². The molecule has 1 aromatic carbocycles. The molecule has 5 nitrogen and oxygen atoms in total. The summed E-state index contributed by atoms with van der Waals surface area (Å²) < 4.78 is 37.5. The Balaban J connectivity index is 0.000000282. The quantitative estimate of drug-likeness (QED) is 0.258. The zero-order chi connectivity index (χ0) is 15.6. The molecule has 0 aliphatic heterocycles. The number of hydrogen-bond donors (Lipinski definition) is 0. The van der Waals surface area contributed by atoms with Crippen LogP contribution >= 0.6 is 22.6 Å². The molecule has 0 aliphatic rings. The minimum absolute atomic E-state index is 1.28. The van der Waals surface area contributed by atoms with Gasteiger partial charge in [-0.05, 0) is 47.0 Å². The fourth-order valence-corrected chi connectivity index (χ4v) is 2.80. The van der Waals surface area contributed by atoms with Gasteiger partial charge in [0.1, 0.15) is 0 Å². The lowest BCUT2D eigenvalue weighted by atomic mass is 10.1. The van der Waals surface area contributed by atoms with Gasteiger partial charge < -0.3 is 0 Å². The third-order valence-corrected chi connectivity index (χ3v) is 3.94. The first-order valence-electron chi connectivity index (χ1n) is 5.87. The Morgan fingerprint density at radius 1 is 0.952 bits per heavy atom. The lowest BCUT2D eigenvalue weighted by Gasteiger charge is -2.17. The SMILES string of the molecule is Cc1c2cccc(I)c2c[n+]2ccccc12.[O-][Cl+3]([O-])([O-])[O-]. The largest absolute Gasteiger partial charge is 0.222 e. The monoisotopic (exact) mass is 419 g/mol. The molecule has 0 bridgehead atoms. The number of rotatable bonds is 0. The molecule has 110 valence electrons. The molecule has 0 amide bonds. The molecule has 0 atom stereocenters. The Morgan fingerprint density at radius 2 is 1.62 bits per heavy atom. The second kappa shape index (κ2) is 6.39. The topological polar surface area (TPSA) is 96.3 Å². The minimum Gasteiger partial charge on any atom is -0.222 e. The van der Waals surface area contributed by atoms with E-state index < -0.39 is 10.2 Å². The highest BCUT2D eigenvalue weighted by Crippen LogP contribution is 2.23. The van der Waals surface area contributed by atoms with Crippen molar-refractivity contribution in [1.82, 2.24) is 0 Å². The molecule has 0 N–H and O–H groups in total. The number of aromatic nitrogens is 1. The highest BCUT2D eigenvalue weighted by Gasteiger charge is 2.11. The number of benzene rings is 1. The summed E-state index contributed by atoms with van der Waals surface area (Å²) in [4.78, 5) is 0. The molecule has 0 unspecified atom stereocenters. The average molecular weight is 420 g/mol. The van der Waals surface area contributed by atoms with Crippen molar-refractivity contribution in [2.24, 2.45) is 0 Å². The zero-order valence-electron chi connectivity index (χ0n) is 11.0. The van der Waals surface area contributed by atoms with Gasteiger partial charge in [-0.15, -0.1) is 10.2 Å². The lowest BCUT2D eigenvalue weighted by Crippen LogP contribution is -2.68. The first kappa shape index (κ1) is 16.3. The van der Waals surface area contributed by atoms with Gasteiger partial charge in [-0.2, -0.15) is 4.40 Å².